The summed E-state index contributed by atoms with van der Waals surface area (Å²) in [5, 5.41) is 14.6. The van der Waals surface area contributed by atoms with Crippen LogP contribution in [0.25, 0.3) is 11.4 Å². The van der Waals surface area contributed by atoms with Crippen molar-refractivity contribution in [3.63, 3.8) is 0 Å². The van der Waals surface area contributed by atoms with E-state index in [4.69, 9.17) is 17.3 Å². The molecule has 2 atom stereocenters. The molecule has 0 spiro atoms. The number of hydrogen-bond acceptors (Lipinski definition) is 3. The Balaban J connectivity index is 1.90. The molecule has 1 aromatic carbocycles. The van der Waals surface area contributed by atoms with Crippen LogP contribution >= 0.6 is 12.2 Å². The second-order valence-corrected chi connectivity index (χ2v) is 6.50. The molecular weight excluding hydrogens is 296 g/mol. The fraction of sp³-hybridized carbons (Fsp3) is 0.500. The second kappa shape index (κ2) is 6.32. The molecule has 0 saturated carbocycles. The summed E-state index contributed by atoms with van der Waals surface area (Å²) in [6, 6.07) is 8.22. The van der Waals surface area contributed by atoms with Crippen molar-refractivity contribution in [2.75, 3.05) is 13.1 Å². The van der Waals surface area contributed by atoms with E-state index in [0.717, 1.165) is 48.8 Å². The maximum absolute atomic E-state index is 9.82. The van der Waals surface area contributed by atoms with Crippen LogP contribution < -0.4 is 4.90 Å². The molecule has 2 heterocycles. The van der Waals surface area contributed by atoms with Gasteiger partial charge in [-0.15, -0.1) is 5.10 Å². The molecule has 0 radical (unpaired) electrons. The number of likely N-dealkylation sites (tertiary alicyclic amines) is 1. The third-order valence-electron chi connectivity index (χ3n) is 4.39. The highest BCUT2D eigenvalue weighted by Gasteiger charge is 2.22. The maximum atomic E-state index is 9.82. The van der Waals surface area contributed by atoms with Crippen LogP contribution in [0.15, 0.2) is 24.3 Å². The fourth-order valence-corrected chi connectivity index (χ4v) is 3.32. The van der Waals surface area contributed by atoms with Crippen molar-refractivity contribution in [2.24, 2.45) is 7.05 Å². The van der Waals surface area contributed by atoms with E-state index >= 15 is 0 Å². The number of quaternary nitrogens is 1. The Morgan fingerprint density at radius 2 is 2.18 bits per heavy atom. The summed E-state index contributed by atoms with van der Waals surface area (Å²) in [6.45, 7) is 4.65. The average Bonchev–Trinajstić information content (AvgIpc) is 2.76. The van der Waals surface area contributed by atoms with Crippen LogP contribution in [-0.2, 0) is 13.7 Å². The molecule has 1 unspecified atom stereocenters. The minimum absolute atomic E-state index is 0.197. The molecule has 3 rings (SSSR count). The number of aromatic nitrogens is 3. The minimum atomic E-state index is -0.197. The van der Waals surface area contributed by atoms with Crippen LogP contribution in [0.4, 0.5) is 0 Å². The third kappa shape index (κ3) is 2.99. The van der Waals surface area contributed by atoms with Gasteiger partial charge in [-0.2, -0.15) is 4.68 Å². The van der Waals surface area contributed by atoms with Crippen LogP contribution in [-0.4, -0.2) is 38.6 Å². The summed E-state index contributed by atoms with van der Waals surface area (Å²) in [4.78, 5) is 1.34. The van der Waals surface area contributed by atoms with Crippen molar-refractivity contribution in [1.82, 2.24) is 14.3 Å². The van der Waals surface area contributed by atoms with Crippen LogP contribution in [0.1, 0.15) is 18.4 Å². The number of aliphatic hydroxyl groups excluding tert-OH is 1. The van der Waals surface area contributed by atoms with Gasteiger partial charge in [0, 0.05) is 12.6 Å². The van der Waals surface area contributed by atoms with Crippen LogP contribution in [0.2, 0.25) is 0 Å². The van der Waals surface area contributed by atoms with Gasteiger partial charge in [-0.05, 0) is 37.5 Å². The maximum Gasteiger partial charge on any atom is 0.202 e. The lowest BCUT2D eigenvalue weighted by molar-refractivity contribution is -0.931. The topological polar surface area (TPSA) is 47.4 Å². The number of piperidine rings is 1. The second-order valence-electron chi connectivity index (χ2n) is 6.14. The van der Waals surface area contributed by atoms with Gasteiger partial charge >= 0.3 is 0 Å². The lowest BCUT2D eigenvalue weighted by Gasteiger charge is -2.26. The zero-order valence-corrected chi connectivity index (χ0v) is 13.9. The lowest BCUT2D eigenvalue weighted by atomic mass is 10.1. The van der Waals surface area contributed by atoms with E-state index in [2.05, 4.69) is 19.1 Å². The first kappa shape index (κ1) is 15.4. The molecule has 1 aromatic heterocycles. The van der Waals surface area contributed by atoms with Gasteiger partial charge in [0.2, 0.25) is 4.77 Å². The van der Waals surface area contributed by atoms with E-state index in [-0.39, 0.29) is 6.10 Å². The zero-order valence-electron chi connectivity index (χ0n) is 13.1. The standard InChI is InChI=1S/C16H22N4OS/c1-12-6-3-4-8-14(12)15-17-20(16(22)18(15)2)11-19-9-5-7-13(21)10-19/h3-4,6,8,13,21H,5,7,9-11H2,1-2H3/p+1/t13-/m1/s1. The summed E-state index contributed by atoms with van der Waals surface area (Å²) in [5.74, 6) is 0.903. The van der Waals surface area contributed by atoms with Crippen LogP contribution in [0.5, 0.6) is 0 Å². The van der Waals surface area contributed by atoms with E-state index in [1.165, 1.54) is 10.5 Å². The summed E-state index contributed by atoms with van der Waals surface area (Å²) in [7, 11) is 1.97. The van der Waals surface area contributed by atoms with Crippen molar-refractivity contribution >= 4 is 12.2 Å². The van der Waals surface area contributed by atoms with Gasteiger partial charge in [-0.1, -0.05) is 24.3 Å². The summed E-state index contributed by atoms with van der Waals surface area (Å²) in [5.41, 5.74) is 2.31. The third-order valence-corrected chi connectivity index (χ3v) is 4.88. The summed E-state index contributed by atoms with van der Waals surface area (Å²) < 4.78 is 4.59. The SMILES string of the molecule is Cc1ccccc1-c1nn(C[NH+]2CCC[C@@H](O)C2)c(=S)n1C. The number of rotatable bonds is 3. The van der Waals surface area contributed by atoms with Gasteiger partial charge in [0.1, 0.15) is 12.6 Å². The van der Waals surface area contributed by atoms with Crippen molar-refractivity contribution in [2.45, 2.75) is 32.5 Å². The van der Waals surface area contributed by atoms with Gasteiger partial charge in [-0.3, -0.25) is 0 Å². The number of aliphatic hydroxyl groups is 1. The Kier molecular flexibility index (Phi) is 4.42. The summed E-state index contributed by atoms with van der Waals surface area (Å²) in [6.07, 6.45) is 1.77. The molecule has 118 valence electrons. The predicted molar refractivity (Wildman–Crippen MR) is 88.1 cm³/mol. The molecule has 2 N–H and O–H groups in total. The molecular formula is C16H23N4OS+. The average molecular weight is 319 g/mol. The Bertz CT molecular complexity index is 721. The van der Waals surface area contributed by atoms with Crippen molar-refractivity contribution in [3.05, 3.63) is 34.6 Å². The van der Waals surface area contributed by atoms with E-state index < -0.39 is 0 Å². The van der Waals surface area contributed by atoms with Crippen LogP contribution in [0, 0.1) is 11.7 Å². The zero-order chi connectivity index (χ0) is 15.7. The van der Waals surface area contributed by atoms with Gasteiger partial charge in [0.15, 0.2) is 12.5 Å². The monoisotopic (exact) mass is 319 g/mol. The Morgan fingerprint density at radius 1 is 1.41 bits per heavy atom. The largest absolute Gasteiger partial charge is 0.387 e. The Labute approximate surface area is 135 Å². The number of nitrogens with zero attached hydrogens (tertiary/aromatic N) is 3. The Morgan fingerprint density at radius 3 is 2.91 bits per heavy atom. The number of hydrogen-bond donors (Lipinski definition) is 2. The molecule has 6 heteroatoms. The molecule has 22 heavy (non-hydrogen) atoms. The summed E-state index contributed by atoms with van der Waals surface area (Å²) >= 11 is 5.54. The number of nitrogens with one attached hydrogen (secondary N) is 1. The van der Waals surface area contributed by atoms with Gasteiger partial charge < -0.3 is 14.6 Å². The van der Waals surface area contributed by atoms with Crippen LogP contribution in [0.3, 0.4) is 0 Å². The molecule has 1 saturated heterocycles. The van der Waals surface area contributed by atoms with Crippen molar-refractivity contribution in [1.29, 1.82) is 0 Å². The van der Waals surface area contributed by atoms with Gasteiger partial charge in [0.25, 0.3) is 0 Å². The van der Waals surface area contributed by atoms with E-state index in [9.17, 15) is 5.11 Å². The van der Waals surface area contributed by atoms with Gasteiger partial charge in [0.05, 0.1) is 6.54 Å². The first-order valence-electron chi connectivity index (χ1n) is 7.77. The molecule has 0 amide bonds. The van der Waals surface area contributed by atoms with E-state index in [1.807, 2.05) is 28.4 Å². The molecule has 1 fully saturated rings. The fourth-order valence-electron chi connectivity index (χ4n) is 3.13. The van der Waals surface area contributed by atoms with Gasteiger partial charge in [-0.25, -0.2) is 0 Å². The number of aryl methyl sites for hydroxylation is 1. The first-order chi connectivity index (χ1) is 10.6. The van der Waals surface area contributed by atoms with Crippen molar-refractivity contribution < 1.29 is 10.0 Å². The van der Waals surface area contributed by atoms with Crippen molar-refractivity contribution in [3.8, 4) is 11.4 Å². The normalized spacial score (nSPS) is 22.0. The highest BCUT2D eigenvalue weighted by Crippen LogP contribution is 2.20. The highest BCUT2D eigenvalue weighted by atomic mass is 32.1. The first-order valence-corrected chi connectivity index (χ1v) is 8.18. The highest BCUT2D eigenvalue weighted by molar-refractivity contribution is 7.71. The molecule has 1 aliphatic heterocycles. The molecule has 0 aliphatic carbocycles. The predicted octanol–water partition coefficient (Wildman–Crippen LogP) is 0.924. The Hall–Kier alpha value is -1.50. The molecule has 2 aromatic rings. The molecule has 5 nitrogen and oxygen atoms in total. The minimum Gasteiger partial charge on any atom is -0.387 e. The van der Waals surface area contributed by atoms with E-state index in [1.54, 1.807) is 0 Å². The lowest BCUT2D eigenvalue weighted by Crippen LogP contribution is -3.13. The molecule has 0 bridgehead atoms. The van der Waals surface area contributed by atoms with E-state index in [0.29, 0.717) is 0 Å². The quantitative estimate of drug-likeness (QED) is 0.827. The smallest absolute Gasteiger partial charge is 0.202 e. The number of benzene rings is 1. The molecule has 1 aliphatic rings.